The first kappa shape index (κ1) is 17.1. The number of nitrogens with zero attached hydrogens (tertiary/aromatic N) is 1. The van der Waals surface area contributed by atoms with Gasteiger partial charge in [-0.05, 0) is 30.5 Å². The number of pyridine rings is 1. The Morgan fingerprint density at radius 2 is 1.80 bits per heavy atom. The van der Waals surface area contributed by atoms with Crippen LogP contribution in [0.3, 0.4) is 0 Å². The van der Waals surface area contributed by atoms with Gasteiger partial charge < -0.3 is 10.1 Å². The van der Waals surface area contributed by atoms with Crippen molar-refractivity contribution in [2.75, 3.05) is 19.8 Å². The van der Waals surface area contributed by atoms with Crippen LogP contribution in [0.1, 0.15) is 22.3 Å². The van der Waals surface area contributed by atoms with Gasteiger partial charge in [0, 0.05) is 24.7 Å². The Kier molecular flexibility index (Phi) is 6.12. The lowest BCUT2D eigenvalue weighted by Gasteiger charge is -2.08. The number of amides is 1. The van der Waals surface area contributed by atoms with Crippen molar-refractivity contribution >= 4 is 16.8 Å². The number of aromatic nitrogens is 1. The summed E-state index contributed by atoms with van der Waals surface area (Å²) in [5.41, 5.74) is 2.63. The van der Waals surface area contributed by atoms with E-state index in [1.54, 1.807) is 12.3 Å². The van der Waals surface area contributed by atoms with Gasteiger partial charge in [-0.2, -0.15) is 0 Å². The van der Waals surface area contributed by atoms with Crippen LogP contribution in [0.5, 0.6) is 0 Å². The Morgan fingerprint density at radius 1 is 0.960 bits per heavy atom. The van der Waals surface area contributed by atoms with Crippen LogP contribution in [-0.4, -0.2) is 30.6 Å². The molecule has 0 unspecified atom stereocenters. The van der Waals surface area contributed by atoms with Crippen molar-refractivity contribution in [3.05, 3.63) is 78.0 Å². The zero-order chi connectivity index (χ0) is 17.3. The third-order valence-electron chi connectivity index (χ3n) is 4.01. The molecular formula is C21H22N2O2. The number of hydrogen-bond donors (Lipinski definition) is 1. The van der Waals surface area contributed by atoms with Crippen LogP contribution in [0.15, 0.2) is 66.9 Å². The Bertz CT molecular complexity index is 813. The smallest absolute Gasteiger partial charge is 0.253 e. The molecule has 1 N–H and O–H groups in total. The fraction of sp³-hybridized carbons (Fsp3) is 0.238. The number of carbonyl (C=O) groups is 1. The van der Waals surface area contributed by atoms with Crippen LogP contribution in [-0.2, 0) is 11.2 Å². The highest BCUT2D eigenvalue weighted by Crippen LogP contribution is 2.15. The van der Waals surface area contributed by atoms with E-state index in [9.17, 15) is 4.79 Å². The summed E-state index contributed by atoms with van der Waals surface area (Å²) in [5, 5.41) is 3.91. The summed E-state index contributed by atoms with van der Waals surface area (Å²) in [7, 11) is 0. The molecule has 1 heterocycles. The molecule has 0 spiro atoms. The molecule has 0 fully saturated rings. The molecule has 3 aromatic rings. The summed E-state index contributed by atoms with van der Waals surface area (Å²) in [6.07, 6.45) is 3.41. The van der Waals surface area contributed by atoms with Gasteiger partial charge in [0.1, 0.15) is 0 Å². The van der Waals surface area contributed by atoms with E-state index >= 15 is 0 Å². The molecule has 0 radical (unpaired) electrons. The highest BCUT2D eigenvalue weighted by Gasteiger charge is 2.09. The van der Waals surface area contributed by atoms with Gasteiger partial charge in [0.15, 0.2) is 0 Å². The first-order chi connectivity index (χ1) is 12.3. The second-order valence-electron chi connectivity index (χ2n) is 5.84. The molecule has 0 atom stereocenters. The van der Waals surface area contributed by atoms with Crippen LogP contribution < -0.4 is 5.32 Å². The summed E-state index contributed by atoms with van der Waals surface area (Å²) in [6, 6.07) is 19.8. The van der Waals surface area contributed by atoms with Crippen LogP contribution in [0.25, 0.3) is 10.9 Å². The maximum Gasteiger partial charge on any atom is 0.253 e. The number of para-hydroxylation sites is 1. The fourth-order valence-electron chi connectivity index (χ4n) is 2.70. The van der Waals surface area contributed by atoms with Crippen LogP contribution in [0, 0.1) is 0 Å². The maximum atomic E-state index is 12.3. The number of fused-ring (bicyclic) bond motifs is 1. The van der Waals surface area contributed by atoms with E-state index in [2.05, 4.69) is 22.4 Å². The molecule has 1 amide bonds. The average molecular weight is 334 g/mol. The third-order valence-corrected chi connectivity index (χ3v) is 4.01. The van der Waals surface area contributed by atoms with Crippen LogP contribution >= 0.6 is 0 Å². The maximum absolute atomic E-state index is 12.3. The summed E-state index contributed by atoms with van der Waals surface area (Å²) in [6.45, 7) is 1.93. The molecule has 128 valence electrons. The summed E-state index contributed by atoms with van der Waals surface area (Å²) in [5.74, 6) is -0.0893. The quantitative estimate of drug-likeness (QED) is 0.640. The molecule has 0 bridgehead atoms. The summed E-state index contributed by atoms with van der Waals surface area (Å²) < 4.78 is 5.63. The highest BCUT2D eigenvalue weighted by atomic mass is 16.5. The van der Waals surface area contributed by atoms with E-state index in [0.29, 0.717) is 25.3 Å². The van der Waals surface area contributed by atoms with E-state index in [4.69, 9.17) is 4.74 Å². The van der Waals surface area contributed by atoms with Gasteiger partial charge in [0.05, 0.1) is 17.7 Å². The van der Waals surface area contributed by atoms with Crippen molar-refractivity contribution in [2.45, 2.75) is 12.8 Å². The predicted molar refractivity (Wildman–Crippen MR) is 99.7 cm³/mol. The third kappa shape index (κ3) is 4.88. The van der Waals surface area contributed by atoms with Gasteiger partial charge in [-0.3, -0.25) is 9.78 Å². The molecule has 0 saturated heterocycles. The van der Waals surface area contributed by atoms with E-state index in [-0.39, 0.29) is 5.91 Å². The minimum atomic E-state index is -0.0893. The Hall–Kier alpha value is -2.72. The Labute approximate surface area is 147 Å². The lowest BCUT2D eigenvalue weighted by molar-refractivity contribution is 0.0943. The van der Waals surface area contributed by atoms with E-state index in [1.807, 2.05) is 42.5 Å². The topological polar surface area (TPSA) is 51.2 Å². The van der Waals surface area contributed by atoms with Crippen LogP contribution in [0.4, 0.5) is 0 Å². The van der Waals surface area contributed by atoms with Gasteiger partial charge in [-0.15, -0.1) is 0 Å². The lowest BCUT2D eigenvalue weighted by Crippen LogP contribution is -2.25. The van der Waals surface area contributed by atoms with Gasteiger partial charge in [0.25, 0.3) is 5.91 Å². The predicted octanol–water partition coefficient (Wildman–Crippen LogP) is 3.61. The van der Waals surface area contributed by atoms with E-state index in [1.165, 1.54) is 5.56 Å². The molecule has 0 aliphatic carbocycles. The van der Waals surface area contributed by atoms with Crippen molar-refractivity contribution < 1.29 is 9.53 Å². The monoisotopic (exact) mass is 334 g/mol. The minimum absolute atomic E-state index is 0.0893. The lowest BCUT2D eigenvalue weighted by atomic mass is 10.1. The molecule has 4 nitrogen and oxygen atoms in total. The zero-order valence-electron chi connectivity index (χ0n) is 14.2. The first-order valence-corrected chi connectivity index (χ1v) is 8.58. The van der Waals surface area contributed by atoms with Crippen molar-refractivity contribution in [3.8, 4) is 0 Å². The number of hydrogen-bond acceptors (Lipinski definition) is 3. The largest absolute Gasteiger partial charge is 0.381 e. The number of benzene rings is 2. The molecule has 0 aliphatic heterocycles. The SMILES string of the molecule is O=C(NCCCOCCc1ccccc1)c1cccc2cccnc12. The number of rotatable bonds is 8. The van der Waals surface area contributed by atoms with Gasteiger partial charge in [-0.25, -0.2) is 0 Å². The van der Waals surface area contributed by atoms with Crippen molar-refractivity contribution in [2.24, 2.45) is 0 Å². The van der Waals surface area contributed by atoms with Gasteiger partial charge >= 0.3 is 0 Å². The fourth-order valence-corrected chi connectivity index (χ4v) is 2.70. The van der Waals surface area contributed by atoms with Gasteiger partial charge in [0.2, 0.25) is 0 Å². The minimum Gasteiger partial charge on any atom is -0.381 e. The van der Waals surface area contributed by atoms with Crippen molar-refractivity contribution in [3.63, 3.8) is 0 Å². The second kappa shape index (κ2) is 8.94. The standard InChI is InChI=1S/C21H22N2O2/c24-21(19-11-4-9-18-10-5-13-22-20(18)19)23-14-6-15-25-16-12-17-7-2-1-3-8-17/h1-5,7-11,13H,6,12,14-16H2,(H,23,24). The molecule has 0 saturated carbocycles. The number of carbonyl (C=O) groups excluding carboxylic acids is 1. The average Bonchev–Trinajstić information content (AvgIpc) is 2.67. The molecule has 4 heteroatoms. The van der Waals surface area contributed by atoms with Crippen molar-refractivity contribution in [1.29, 1.82) is 0 Å². The van der Waals surface area contributed by atoms with Crippen LogP contribution in [0.2, 0.25) is 0 Å². The highest BCUT2D eigenvalue weighted by molar-refractivity contribution is 6.05. The van der Waals surface area contributed by atoms with E-state index < -0.39 is 0 Å². The molecule has 1 aromatic heterocycles. The molecule has 0 aliphatic rings. The van der Waals surface area contributed by atoms with E-state index in [0.717, 1.165) is 23.7 Å². The molecule has 25 heavy (non-hydrogen) atoms. The Balaban J connectivity index is 1.38. The van der Waals surface area contributed by atoms with Crippen molar-refractivity contribution in [1.82, 2.24) is 10.3 Å². The Morgan fingerprint density at radius 3 is 2.68 bits per heavy atom. The zero-order valence-corrected chi connectivity index (χ0v) is 14.2. The summed E-state index contributed by atoms with van der Waals surface area (Å²) in [4.78, 5) is 16.7. The molecule has 3 rings (SSSR count). The molecular weight excluding hydrogens is 312 g/mol. The normalized spacial score (nSPS) is 10.7. The number of ether oxygens (including phenoxy) is 1. The first-order valence-electron chi connectivity index (χ1n) is 8.58. The molecule has 2 aromatic carbocycles. The van der Waals surface area contributed by atoms with Gasteiger partial charge in [-0.1, -0.05) is 48.5 Å². The summed E-state index contributed by atoms with van der Waals surface area (Å²) >= 11 is 0. The number of nitrogens with one attached hydrogen (secondary N) is 1. The second-order valence-corrected chi connectivity index (χ2v) is 5.84.